The monoisotopic (exact) mass is 504 g/mol. The van der Waals surface area contributed by atoms with Crippen LogP contribution >= 0.6 is 0 Å². The van der Waals surface area contributed by atoms with E-state index in [9.17, 15) is 27.2 Å². The Morgan fingerprint density at radius 2 is 1.89 bits per heavy atom. The van der Waals surface area contributed by atoms with E-state index in [-0.39, 0.29) is 28.9 Å². The van der Waals surface area contributed by atoms with Crippen LogP contribution in [0.4, 0.5) is 17.6 Å². The number of aryl methyl sites for hydroxylation is 1. The molecule has 1 aromatic carbocycles. The van der Waals surface area contributed by atoms with Crippen LogP contribution in [-0.4, -0.2) is 54.8 Å². The smallest absolute Gasteiger partial charge is 0.390 e. The molecule has 1 heterocycles. The van der Waals surface area contributed by atoms with Crippen molar-refractivity contribution >= 4 is 23.6 Å². The lowest BCUT2D eigenvalue weighted by Crippen LogP contribution is -2.53. The molecule has 0 spiro atoms. The lowest BCUT2D eigenvalue weighted by Gasteiger charge is -2.39. The van der Waals surface area contributed by atoms with E-state index in [0.29, 0.717) is 41.9 Å². The highest BCUT2D eigenvalue weighted by Gasteiger charge is 2.31. The molecule has 3 N–H and O–H groups in total. The van der Waals surface area contributed by atoms with E-state index in [2.05, 4.69) is 5.32 Å². The number of alkyl halides is 3. The first kappa shape index (κ1) is 26.9. The highest BCUT2D eigenvalue weighted by atomic mass is 19.4. The average molecular weight is 505 g/mol. The van der Waals surface area contributed by atoms with Crippen molar-refractivity contribution in [3.05, 3.63) is 75.8 Å². The summed E-state index contributed by atoms with van der Waals surface area (Å²) in [5.74, 6) is -1.18. The van der Waals surface area contributed by atoms with Crippen molar-refractivity contribution in [2.24, 2.45) is 5.92 Å². The number of carbonyl (C=O) groups excluding carboxylic acids is 2. The van der Waals surface area contributed by atoms with E-state index >= 15 is 0 Å². The Balaban J connectivity index is 1.54. The van der Waals surface area contributed by atoms with Crippen molar-refractivity contribution in [3.8, 4) is 0 Å². The number of halogens is 4. The topological polar surface area (TPSA) is 85.3 Å². The summed E-state index contributed by atoms with van der Waals surface area (Å²) >= 11 is 0. The lowest BCUT2D eigenvalue weighted by atomic mass is 9.92. The molecule has 2 aliphatic rings. The molecule has 3 rings (SSSR count). The highest BCUT2D eigenvalue weighted by Crippen LogP contribution is 2.24. The highest BCUT2D eigenvalue weighted by molar-refractivity contribution is 6.14. The number of nitrogens with one attached hydrogen (secondary N) is 3. The maximum atomic E-state index is 13.5. The second-order valence-corrected chi connectivity index (χ2v) is 8.95. The lowest BCUT2D eigenvalue weighted by molar-refractivity contribution is -0.136. The molecule has 1 aliphatic carbocycles. The van der Waals surface area contributed by atoms with Crippen molar-refractivity contribution in [2.75, 3.05) is 26.2 Å². The van der Waals surface area contributed by atoms with Crippen LogP contribution in [0.3, 0.4) is 0 Å². The first-order valence-electron chi connectivity index (χ1n) is 11.4. The number of carbonyl (C=O) groups is 2. The Morgan fingerprint density at radius 3 is 2.56 bits per heavy atom. The van der Waals surface area contributed by atoms with Crippen LogP contribution in [0.15, 0.2) is 58.8 Å². The van der Waals surface area contributed by atoms with E-state index < -0.39 is 18.6 Å². The predicted molar refractivity (Wildman–Crippen MR) is 130 cm³/mol. The minimum absolute atomic E-state index is 0.0690. The molecule has 1 fully saturated rings. The van der Waals surface area contributed by atoms with Crippen molar-refractivity contribution in [1.82, 2.24) is 15.5 Å². The number of rotatable bonds is 7. The second-order valence-electron chi connectivity index (χ2n) is 8.95. The number of hydrogen-bond donors (Lipinski definition) is 3. The van der Waals surface area contributed by atoms with Gasteiger partial charge in [0.05, 0.1) is 5.71 Å². The zero-order valence-corrected chi connectivity index (χ0v) is 20.2. The molecule has 0 aromatic heterocycles. The van der Waals surface area contributed by atoms with Gasteiger partial charge in [0, 0.05) is 48.5 Å². The molecule has 1 saturated heterocycles. The van der Waals surface area contributed by atoms with Gasteiger partial charge >= 0.3 is 6.18 Å². The first-order chi connectivity index (χ1) is 16.9. The number of allylic oxidation sites excluding steroid dienone is 3. The van der Waals surface area contributed by atoms with Crippen LogP contribution in [0.25, 0.3) is 6.08 Å². The predicted octanol–water partition coefficient (Wildman–Crippen LogP) is 4.05. The second kappa shape index (κ2) is 10.9. The SMILES string of the molecule is CC1=C(C(=O)NCC(F)(F)F)C=CC(=N)/C1=C\NCC1CN(C(=O)/C(C)=C/c2cc(F)ccc2C)C1. The van der Waals surface area contributed by atoms with Crippen molar-refractivity contribution in [2.45, 2.75) is 26.9 Å². The van der Waals surface area contributed by atoms with Crippen LogP contribution in [0.1, 0.15) is 25.0 Å². The van der Waals surface area contributed by atoms with Crippen LogP contribution in [-0.2, 0) is 9.59 Å². The molecule has 0 bridgehead atoms. The number of hydrogen-bond acceptors (Lipinski definition) is 4. The standard InChI is InChI=1S/C26H28F4N4O2/c1-15-4-5-20(27)9-19(15)8-16(2)25(36)34-12-18(13-34)10-32-11-22-17(3)21(6-7-23(22)31)24(35)33-14-26(28,29)30/h4-9,11,18,31-32H,10,12-14H2,1-3H3,(H,33,35)/b16-8+,22-11-,31-23?. The third-order valence-electron chi connectivity index (χ3n) is 6.06. The van der Waals surface area contributed by atoms with E-state index in [1.165, 1.54) is 24.3 Å². The molecular formula is C26H28F4N4O2. The molecule has 36 heavy (non-hydrogen) atoms. The molecule has 6 nitrogen and oxygen atoms in total. The normalized spacial score (nSPS) is 18.0. The van der Waals surface area contributed by atoms with Crippen molar-refractivity contribution in [3.63, 3.8) is 0 Å². The van der Waals surface area contributed by atoms with Gasteiger partial charge in [-0.25, -0.2) is 4.39 Å². The van der Waals surface area contributed by atoms with E-state index in [0.717, 1.165) is 5.56 Å². The molecule has 1 aromatic rings. The van der Waals surface area contributed by atoms with Gasteiger partial charge in [-0.1, -0.05) is 6.07 Å². The largest absolute Gasteiger partial charge is 0.405 e. The van der Waals surface area contributed by atoms with Gasteiger partial charge in [-0.15, -0.1) is 0 Å². The molecule has 0 unspecified atom stereocenters. The van der Waals surface area contributed by atoms with Crippen LogP contribution in [0.5, 0.6) is 0 Å². The molecular weight excluding hydrogens is 476 g/mol. The Hall–Kier alpha value is -3.69. The Labute approximate surface area is 206 Å². The van der Waals surface area contributed by atoms with Crippen molar-refractivity contribution in [1.29, 1.82) is 5.41 Å². The third kappa shape index (κ3) is 6.71. The number of benzene rings is 1. The molecule has 10 heteroatoms. The van der Waals surface area contributed by atoms with Crippen LogP contribution in [0, 0.1) is 24.1 Å². The fourth-order valence-corrected chi connectivity index (χ4v) is 3.94. The van der Waals surface area contributed by atoms with E-state index in [1.54, 1.807) is 37.1 Å². The number of amides is 2. The quantitative estimate of drug-likeness (QED) is 0.387. The van der Waals surface area contributed by atoms with Gasteiger partial charge in [-0.05, 0) is 67.8 Å². The van der Waals surface area contributed by atoms with Crippen LogP contribution in [0.2, 0.25) is 0 Å². The summed E-state index contributed by atoms with van der Waals surface area (Å²) < 4.78 is 50.7. The fourth-order valence-electron chi connectivity index (χ4n) is 3.94. The van der Waals surface area contributed by atoms with Crippen LogP contribution < -0.4 is 10.6 Å². The van der Waals surface area contributed by atoms with Gasteiger partial charge < -0.3 is 20.9 Å². The molecule has 192 valence electrons. The summed E-state index contributed by atoms with van der Waals surface area (Å²) in [6.45, 7) is 5.26. The van der Waals surface area contributed by atoms with Gasteiger partial charge in [0.25, 0.3) is 5.91 Å². The Morgan fingerprint density at radius 1 is 1.19 bits per heavy atom. The Bertz CT molecular complexity index is 1190. The van der Waals surface area contributed by atoms with Gasteiger partial charge in [0.1, 0.15) is 12.4 Å². The van der Waals surface area contributed by atoms with E-state index in [4.69, 9.17) is 5.41 Å². The molecule has 1 aliphatic heterocycles. The number of nitrogens with zero attached hydrogens (tertiary/aromatic N) is 1. The summed E-state index contributed by atoms with van der Waals surface area (Å²) in [7, 11) is 0. The summed E-state index contributed by atoms with van der Waals surface area (Å²) in [5.41, 5.74) is 3.04. The van der Waals surface area contributed by atoms with Gasteiger partial charge in [0.15, 0.2) is 0 Å². The first-order valence-corrected chi connectivity index (χ1v) is 11.4. The Kier molecular flexibility index (Phi) is 8.17. The summed E-state index contributed by atoms with van der Waals surface area (Å²) in [6, 6.07) is 4.43. The zero-order valence-electron chi connectivity index (χ0n) is 20.2. The van der Waals surface area contributed by atoms with Crippen molar-refractivity contribution < 1.29 is 27.2 Å². The maximum Gasteiger partial charge on any atom is 0.405 e. The molecule has 0 atom stereocenters. The minimum atomic E-state index is -4.51. The van der Waals surface area contributed by atoms with Gasteiger partial charge in [-0.2, -0.15) is 13.2 Å². The third-order valence-corrected chi connectivity index (χ3v) is 6.06. The maximum absolute atomic E-state index is 13.5. The summed E-state index contributed by atoms with van der Waals surface area (Å²) in [6.07, 6.45) is 1.43. The average Bonchev–Trinajstić information content (AvgIpc) is 2.77. The molecule has 2 amide bonds. The van der Waals surface area contributed by atoms with Gasteiger partial charge in [-0.3, -0.25) is 9.59 Å². The number of likely N-dealkylation sites (tertiary alicyclic amines) is 1. The summed E-state index contributed by atoms with van der Waals surface area (Å²) in [5, 5.41) is 13.0. The summed E-state index contributed by atoms with van der Waals surface area (Å²) in [4.78, 5) is 26.5. The van der Waals surface area contributed by atoms with Gasteiger partial charge in [0.2, 0.25) is 5.91 Å². The fraction of sp³-hybridized carbons (Fsp3) is 0.346. The minimum Gasteiger partial charge on any atom is -0.390 e. The molecule has 0 radical (unpaired) electrons. The molecule has 0 saturated carbocycles. The van der Waals surface area contributed by atoms with E-state index in [1.807, 2.05) is 12.2 Å². The zero-order chi connectivity index (χ0) is 26.6.